The number of thiophene rings is 1. The van der Waals surface area contributed by atoms with E-state index in [4.69, 9.17) is 0 Å². The fourth-order valence-corrected chi connectivity index (χ4v) is 2.41. The molecule has 0 saturated heterocycles. The van der Waals surface area contributed by atoms with Gasteiger partial charge in [-0.3, -0.25) is 4.72 Å². The van der Waals surface area contributed by atoms with Gasteiger partial charge in [0.2, 0.25) is 10.0 Å². The lowest BCUT2D eigenvalue weighted by Gasteiger charge is -2.03. The van der Waals surface area contributed by atoms with Gasteiger partial charge < -0.3 is 0 Å². The van der Waals surface area contributed by atoms with Gasteiger partial charge in [0.15, 0.2) is 0 Å². The van der Waals surface area contributed by atoms with Gasteiger partial charge in [-0.25, -0.2) is 13.4 Å². The Balaban J connectivity index is 2.24. The summed E-state index contributed by atoms with van der Waals surface area (Å²) in [7, 11) is -3.25. The minimum Gasteiger partial charge on any atom is -0.268 e. The van der Waals surface area contributed by atoms with E-state index in [9.17, 15) is 8.42 Å². The van der Waals surface area contributed by atoms with Crippen LogP contribution in [0.15, 0.2) is 35.2 Å². The molecule has 16 heavy (non-hydrogen) atoms. The number of rotatable bonds is 3. The van der Waals surface area contributed by atoms with Crippen molar-refractivity contribution < 1.29 is 8.42 Å². The molecule has 6 heteroatoms. The lowest BCUT2D eigenvalue weighted by atomic mass is 10.2. The lowest BCUT2D eigenvalue weighted by Crippen LogP contribution is -2.10. The van der Waals surface area contributed by atoms with E-state index in [2.05, 4.69) is 9.71 Å². The lowest BCUT2D eigenvalue weighted by molar-refractivity contribution is 0.606. The molecular weight excluding hydrogens is 244 g/mol. The second-order valence-electron chi connectivity index (χ2n) is 3.32. The average Bonchev–Trinajstić information content (AvgIpc) is 2.69. The summed E-state index contributed by atoms with van der Waals surface area (Å²) in [6.45, 7) is 0. The molecule has 0 atom stereocenters. The first-order valence-corrected chi connectivity index (χ1v) is 7.34. The molecule has 0 spiro atoms. The zero-order valence-corrected chi connectivity index (χ0v) is 10.2. The van der Waals surface area contributed by atoms with Gasteiger partial charge in [-0.05, 0) is 34.5 Å². The molecule has 2 rings (SSSR count). The number of nitrogens with one attached hydrogen (secondary N) is 1. The highest BCUT2D eigenvalue weighted by molar-refractivity contribution is 7.92. The average molecular weight is 254 g/mol. The highest BCUT2D eigenvalue weighted by Crippen LogP contribution is 2.22. The van der Waals surface area contributed by atoms with E-state index in [1.165, 1.54) is 0 Å². The number of sulfonamides is 1. The third-order valence-corrected chi connectivity index (χ3v) is 3.17. The van der Waals surface area contributed by atoms with E-state index in [1.807, 2.05) is 22.9 Å². The molecule has 0 radical (unpaired) electrons. The molecule has 2 heterocycles. The van der Waals surface area contributed by atoms with Crippen molar-refractivity contribution in [3.63, 3.8) is 0 Å². The minimum atomic E-state index is -3.25. The molecule has 0 aliphatic carbocycles. The van der Waals surface area contributed by atoms with Crippen molar-refractivity contribution in [1.29, 1.82) is 0 Å². The second-order valence-corrected chi connectivity index (χ2v) is 5.85. The van der Waals surface area contributed by atoms with E-state index >= 15 is 0 Å². The summed E-state index contributed by atoms with van der Waals surface area (Å²) in [5.74, 6) is 0.335. The predicted molar refractivity (Wildman–Crippen MR) is 66.0 cm³/mol. The van der Waals surface area contributed by atoms with Crippen LogP contribution in [-0.4, -0.2) is 19.7 Å². The summed E-state index contributed by atoms with van der Waals surface area (Å²) >= 11 is 1.61. The zero-order valence-electron chi connectivity index (χ0n) is 8.54. The first kappa shape index (κ1) is 11.1. The van der Waals surface area contributed by atoms with E-state index in [1.54, 1.807) is 23.6 Å². The van der Waals surface area contributed by atoms with Crippen molar-refractivity contribution >= 4 is 27.2 Å². The van der Waals surface area contributed by atoms with Crippen LogP contribution in [0.2, 0.25) is 0 Å². The third-order valence-electron chi connectivity index (χ3n) is 1.91. The maximum absolute atomic E-state index is 11.0. The standard InChI is InChI=1S/C10H10N2O2S2/c1-16(13,14)12-10-3-2-8(6-11-10)9-4-5-15-7-9/h2-7H,1H3,(H,11,12). The van der Waals surface area contributed by atoms with Crippen molar-refractivity contribution in [3.05, 3.63) is 35.2 Å². The Kier molecular flexibility index (Phi) is 2.93. The van der Waals surface area contributed by atoms with Gasteiger partial charge in [0.25, 0.3) is 0 Å². The molecule has 0 fully saturated rings. The normalized spacial score (nSPS) is 11.3. The summed E-state index contributed by atoms with van der Waals surface area (Å²) in [6, 6.07) is 5.47. The molecule has 0 amide bonds. The largest absolute Gasteiger partial charge is 0.268 e. The van der Waals surface area contributed by atoms with Gasteiger partial charge >= 0.3 is 0 Å². The molecule has 0 aliphatic rings. The monoisotopic (exact) mass is 254 g/mol. The van der Waals surface area contributed by atoms with Crippen molar-refractivity contribution in [2.75, 3.05) is 11.0 Å². The Labute approximate surface area is 98.0 Å². The maximum Gasteiger partial charge on any atom is 0.230 e. The predicted octanol–water partition coefficient (Wildman–Crippen LogP) is 2.18. The van der Waals surface area contributed by atoms with Crippen molar-refractivity contribution in [1.82, 2.24) is 4.98 Å². The Bertz CT molecular complexity index is 559. The summed E-state index contributed by atoms with van der Waals surface area (Å²) in [6.07, 6.45) is 2.75. The molecule has 4 nitrogen and oxygen atoms in total. The summed E-state index contributed by atoms with van der Waals surface area (Å²) < 4.78 is 24.2. The van der Waals surface area contributed by atoms with E-state index in [0.29, 0.717) is 5.82 Å². The Morgan fingerprint density at radius 2 is 2.06 bits per heavy atom. The summed E-state index contributed by atoms with van der Waals surface area (Å²) in [5.41, 5.74) is 2.06. The van der Waals surface area contributed by atoms with Crippen LogP contribution in [0.4, 0.5) is 5.82 Å². The van der Waals surface area contributed by atoms with Gasteiger partial charge in [0.05, 0.1) is 6.26 Å². The van der Waals surface area contributed by atoms with Crippen LogP contribution in [-0.2, 0) is 10.0 Å². The number of hydrogen-bond acceptors (Lipinski definition) is 4. The van der Waals surface area contributed by atoms with Crippen LogP contribution < -0.4 is 4.72 Å². The number of nitrogens with zero attached hydrogens (tertiary/aromatic N) is 1. The third kappa shape index (κ3) is 2.80. The molecule has 1 N–H and O–H groups in total. The number of anilines is 1. The highest BCUT2D eigenvalue weighted by atomic mass is 32.2. The van der Waals surface area contributed by atoms with Gasteiger partial charge in [0.1, 0.15) is 5.82 Å². The van der Waals surface area contributed by atoms with E-state index in [-0.39, 0.29) is 0 Å². The van der Waals surface area contributed by atoms with Gasteiger partial charge in [-0.15, -0.1) is 0 Å². The van der Waals surface area contributed by atoms with Gasteiger partial charge in [-0.1, -0.05) is 0 Å². The van der Waals surface area contributed by atoms with Crippen LogP contribution >= 0.6 is 11.3 Å². The van der Waals surface area contributed by atoms with Crippen molar-refractivity contribution in [2.24, 2.45) is 0 Å². The Hall–Kier alpha value is -1.40. The molecule has 0 unspecified atom stereocenters. The van der Waals surface area contributed by atoms with Crippen LogP contribution in [0.1, 0.15) is 0 Å². The molecule has 0 saturated carbocycles. The Morgan fingerprint density at radius 1 is 1.25 bits per heavy atom. The van der Waals surface area contributed by atoms with Gasteiger partial charge in [-0.2, -0.15) is 11.3 Å². The number of hydrogen-bond donors (Lipinski definition) is 1. The maximum atomic E-state index is 11.0. The highest BCUT2D eigenvalue weighted by Gasteiger charge is 2.03. The summed E-state index contributed by atoms with van der Waals surface area (Å²) in [5, 5.41) is 4.00. The minimum absolute atomic E-state index is 0.335. The molecule has 2 aromatic rings. The number of aromatic nitrogens is 1. The van der Waals surface area contributed by atoms with Crippen molar-refractivity contribution in [3.8, 4) is 11.1 Å². The number of pyridine rings is 1. The molecule has 0 aliphatic heterocycles. The van der Waals surface area contributed by atoms with Crippen LogP contribution in [0.25, 0.3) is 11.1 Å². The van der Waals surface area contributed by atoms with Crippen LogP contribution in [0.5, 0.6) is 0 Å². The van der Waals surface area contributed by atoms with Crippen LogP contribution in [0, 0.1) is 0 Å². The quantitative estimate of drug-likeness (QED) is 0.913. The second kappa shape index (κ2) is 4.23. The first-order valence-electron chi connectivity index (χ1n) is 4.51. The molecular formula is C10H10N2O2S2. The van der Waals surface area contributed by atoms with Crippen LogP contribution in [0.3, 0.4) is 0 Å². The molecule has 0 aromatic carbocycles. The first-order chi connectivity index (χ1) is 7.54. The van der Waals surface area contributed by atoms with Crippen molar-refractivity contribution in [2.45, 2.75) is 0 Å². The Morgan fingerprint density at radius 3 is 2.56 bits per heavy atom. The molecule has 84 valence electrons. The fourth-order valence-electron chi connectivity index (χ4n) is 1.24. The van der Waals surface area contributed by atoms with E-state index in [0.717, 1.165) is 17.4 Å². The topological polar surface area (TPSA) is 59.1 Å². The summed E-state index contributed by atoms with van der Waals surface area (Å²) in [4.78, 5) is 4.03. The molecule has 2 aromatic heterocycles. The molecule has 0 bridgehead atoms. The SMILES string of the molecule is CS(=O)(=O)Nc1ccc(-c2ccsc2)cn1. The zero-order chi connectivity index (χ0) is 11.6. The van der Waals surface area contributed by atoms with Gasteiger partial charge in [0, 0.05) is 11.8 Å². The smallest absolute Gasteiger partial charge is 0.230 e. The fraction of sp³-hybridized carbons (Fsp3) is 0.100. The van der Waals surface area contributed by atoms with E-state index < -0.39 is 10.0 Å².